The van der Waals surface area contributed by atoms with Crippen molar-refractivity contribution in [1.29, 1.82) is 0 Å². The lowest BCUT2D eigenvalue weighted by Gasteiger charge is -2.25. The lowest BCUT2D eigenvalue weighted by molar-refractivity contribution is 0.426. The molecule has 7 heteroatoms. The molecule has 0 saturated carbocycles. The van der Waals surface area contributed by atoms with E-state index in [1.54, 1.807) is 6.92 Å². The van der Waals surface area contributed by atoms with Gasteiger partial charge in [0.25, 0.3) is 0 Å². The van der Waals surface area contributed by atoms with E-state index in [0.717, 1.165) is 18.5 Å². The fourth-order valence-electron chi connectivity index (χ4n) is 2.39. The minimum absolute atomic E-state index is 0.327. The summed E-state index contributed by atoms with van der Waals surface area (Å²) in [7, 11) is -3.48. The number of hydrogen-bond acceptors (Lipinski definition) is 4. The molecule has 1 aromatic heterocycles. The Morgan fingerprint density at radius 2 is 2.20 bits per heavy atom. The largest absolute Gasteiger partial charge is 0.311 e. The Morgan fingerprint density at radius 3 is 2.85 bits per heavy atom. The monoisotopic (exact) mass is 298 g/mol. The van der Waals surface area contributed by atoms with Gasteiger partial charge in [-0.1, -0.05) is 18.6 Å². The third-order valence-corrected chi connectivity index (χ3v) is 5.45. The van der Waals surface area contributed by atoms with Crippen molar-refractivity contribution < 1.29 is 8.42 Å². The molecule has 0 atom stereocenters. The number of nitrogens with one attached hydrogen (secondary N) is 2. The molecule has 0 aromatic carbocycles. The predicted molar refractivity (Wildman–Crippen MR) is 77.8 cm³/mol. The summed E-state index contributed by atoms with van der Waals surface area (Å²) in [6, 6.07) is 0. The van der Waals surface area contributed by atoms with Crippen LogP contribution in [-0.2, 0) is 16.6 Å². The average Bonchev–Trinajstić information content (AvgIpc) is 2.78. The van der Waals surface area contributed by atoms with Crippen LogP contribution in [-0.4, -0.2) is 42.6 Å². The van der Waals surface area contributed by atoms with E-state index in [1.807, 2.05) is 13.8 Å². The average molecular weight is 298 g/mol. The van der Waals surface area contributed by atoms with Gasteiger partial charge in [0.2, 0.25) is 10.0 Å². The van der Waals surface area contributed by atoms with Crippen molar-refractivity contribution >= 4 is 10.0 Å². The first kappa shape index (κ1) is 15.2. The normalized spacial score (nSPS) is 17.2. The van der Waals surface area contributed by atoms with E-state index in [0.29, 0.717) is 35.9 Å². The van der Waals surface area contributed by atoms with Gasteiger partial charge >= 0.3 is 0 Å². The fourth-order valence-corrected chi connectivity index (χ4v) is 4.21. The van der Waals surface area contributed by atoms with Crippen LogP contribution in [0.15, 0.2) is 16.5 Å². The highest BCUT2D eigenvalue weighted by Gasteiger charge is 2.31. The molecule has 0 unspecified atom stereocenters. The fraction of sp³-hybridized carbons (Fsp3) is 0.615. The Bertz CT molecular complexity index is 604. The first-order valence-corrected chi connectivity index (χ1v) is 8.31. The van der Waals surface area contributed by atoms with Gasteiger partial charge in [-0.3, -0.25) is 5.10 Å². The summed E-state index contributed by atoms with van der Waals surface area (Å²) >= 11 is 0. The highest BCUT2D eigenvalue weighted by molar-refractivity contribution is 7.89. The van der Waals surface area contributed by atoms with Crippen LogP contribution in [0, 0.1) is 6.92 Å². The molecule has 0 aliphatic carbocycles. The zero-order valence-corrected chi connectivity index (χ0v) is 13.0. The summed E-state index contributed by atoms with van der Waals surface area (Å²) in [5, 5.41) is 10.0. The summed E-state index contributed by atoms with van der Waals surface area (Å²) in [4.78, 5) is 0.327. The summed E-state index contributed by atoms with van der Waals surface area (Å²) in [5.74, 6) is 0. The van der Waals surface area contributed by atoms with Crippen LogP contribution in [0.25, 0.3) is 0 Å². The van der Waals surface area contributed by atoms with E-state index in [2.05, 4.69) is 21.6 Å². The number of hydrogen-bond donors (Lipinski definition) is 2. The summed E-state index contributed by atoms with van der Waals surface area (Å²) in [6.45, 7) is 7.92. The number of H-pyrrole nitrogens is 1. The summed E-state index contributed by atoms with van der Waals surface area (Å²) in [5.41, 5.74) is 2.26. The van der Waals surface area contributed by atoms with E-state index in [-0.39, 0.29) is 0 Å². The number of aromatic amines is 1. The molecule has 1 aliphatic rings. The predicted octanol–water partition coefficient (Wildman–Crippen LogP) is 1.17. The Morgan fingerprint density at radius 1 is 1.45 bits per heavy atom. The van der Waals surface area contributed by atoms with Crippen LogP contribution in [0.1, 0.15) is 31.7 Å². The molecule has 0 bridgehead atoms. The Labute approximate surface area is 120 Å². The molecule has 0 spiro atoms. The lowest BCUT2D eigenvalue weighted by Crippen LogP contribution is -2.36. The molecule has 0 fully saturated rings. The standard InChI is InChI=1S/C13H22N4O2S/c1-4-14-8-12-13(11(3)15-16-12)20(18,19)17-7-5-6-10(2)9-17/h6,14H,4-5,7-9H2,1-3H3,(H,15,16). The summed E-state index contributed by atoms with van der Waals surface area (Å²) < 4.78 is 27.2. The molecule has 0 saturated heterocycles. The van der Waals surface area contributed by atoms with Crippen molar-refractivity contribution in [3.05, 3.63) is 23.0 Å². The van der Waals surface area contributed by atoms with E-state index >= 15 is 0 Å². The van der Waals surface area contributed by atoms with E-state index in [1.165, 1.54) is 4.31 Å². The molecule has 1 aliphatic heterocycles. The van der Waals surface area contributed by atoms with Gasteiger partial charge in [0.15, 0.2) is 0 Å². The molecule has 0 radical (unpaired) electrons. The van der Waals surface area contributed by atoms with Crippen molar-refractivity contribution in [2.45, 2.75) is 38.6 Å². The lowest BCUT2D eigenvalue weighted by atomic mass is 10.2. The van der Waals surface area contributed by atoms with Gasteiger partial charge in [-0.05, 0) is 26.8 Å². The van der Waals surface area contributed by atoms with Gasteiger partial charge in [-0.15, -0.1) is 0 Å². The van der Waals surface area contributed by atoms with Crippen LogP contribution in [0.4, 0.5) is 0 Å². The summed E-state index contributed by atoms with van der Waals surface area (Å²) in [6.07, 6.45) is 2.86. The molecule has 2 heterocycles. The van der Waals surface area contributed by atoms with Gasteiger partial charge in [0.05, 0.1) is 11.4 Å². The zero-order chi connectivity index (χ0) is 14.8. The maximum Gasteiger partial charge on any atom is 0.247 e. The van der Waals surface area contributed by atoms with Gasteiger partial charge in [-0.2, -0.15) is 9.40 Å². The van der Waals surface area contributed by atoms with Crippen molar-refractivity contribution in [3.8, 4) is 0 Å². The molecule has 20 heavy (non-hydrogen) atoms. The molecular weight excluding hydrogens is 276 g/mol. The van der Waals surface area contributed by atoms with E-state index in [9.17, 15) is 8.42 Å². The Hall–Kier alpha value is -1.18. The first-order chi connectivity index (χ1) is 9.46. The van der Waals surface area contributed by atoms with Gasteiger partial charge < -0.3 is 5.32 Å². The second kappa shape index (κ2) is 6.07. The number of aryl methyl sites for hydroxylation is 1. The molecule has 2 N–H and O–H groups in total. The van der Waals surface area contributed by atoms with Crippen LogP contribution in [0.5, 0.6) is 0 Å². The van der Waals surface area contributed by atoms with Crippen molar-refractivity contribution in [2.24, 2.45) is 0 Å². The van der Waals surface area contributed by atoms with E-state index < -0.39 is 10.0 Å². The molecule has 2 rings (SSSR count). The molecule has 6 nitrogen and oxygen atoms in total. The van der Waals surface area contributed by atoms with Crippen molar-refractivity contribution in [3.63, 3.8) is 0 Å². The van der Waals surface area contributed by atoms with Crippen LogP contribution in [0.3, 0.4) is 0 Å². The molecule has 1 aromatic rings. The zero-order valence-electron chi connectivity index (χ0n) is 12.2. The maximum atomic E-state index is 12.8. The minimum Gasteiger partial charge on any atom is -0.311 e. The Balaban J connectivity index is 2.34. The van der Waals surface area contributed by atoms with Crippen LogP contribution >= 0.6 is 0 Å². The smallest absolute Gasteiger partial charge is 0.247 e. The van der Waals surface area contributed by atoms with Gasteiger partial charge in [0.1, 0.15) is 4.90 Å². The first-order valence-electron chi connectivity index (χ1n) is 6.87. The highest BCUT2D eigenvalue weighted by Crippen LogP contribution is 2.24. The third kappa shape index (κ3) is 2.94. The number of aromatic nitrogens is 2. The minimum atomic E-state index is -3.48. The van der Waals surface area contributed by atoms with Crippen LogP contribution < -0.4 is 5.32 Å². The van der Waals surface area contributed by atoms with E-state index in [4.69, 9.17) is 0 Å². The SMILES string of the molecule is CCNCc1n[nH]c(C)c1S(=O)(=O)N1CCC=C(C)C1. The second-order valence-corrected chi connectivity index (χ2v) is 6.96. The maximum absolute atomic E-state index is 12.8. The molecular formula is C13H22N4O2S. The number of rotatable bonds is 5. The molecule has 0 amide bonds. The van der Waals surface area contributed by atoms with Gasteiger partial charge in [0, 0.05) is 19.6 Å². The second-order valence-electron chi connectivity index (χ2n) is 5.08. The van der Waals surface area contributed by atoms with Gasteiger partial charge in [-0.25, -0.2) is 8.42 Å². The quantitative estimate of drug-likeness (QED) is 0.800. The molecule has 112 valence electrons. The highest BCUT2D eigenvalue weighted by atomic mass is 32.2. The Kier molecular flexibility index (Phi) is 4.62. The number of sulfonamides is 1. The third-order valence-electron chi connectivity index (χ3n) is 3.40. The van der Waals surface area contributed by atoms with Crippen LogP contribution in [0.2, 0.25) is 0 Å². The topological polar surface area (TPSA) is 78.1 Å². The van der Waals surface area contributed by atoms with Crippen molar-refractivity contribution in [2.75, 3.05) is 19.6 Å². The number of nitrogens with zero attached hydrogens (tertiary/aromatic N) is 2. The van der Waals surface area contributed by atoms with Crippen molar-refractivity contribution in [1.82, 2.24) is 19.8 Å².